The topological polar surface area (TPSA) is 49.4 Å². The Morgan fingerprint density at radius 2 is 2.04 bits per heavy atom. The zero-order valence-corrected chi connectivity index (χ0v) is 17.2. The van der Waals surface area contributed by atoms with Crippen LogP contribution in [0.15, 0.2) is 30.3 Å². The summed E-state index contributed by atoms with van der Waals surface area (Å²) in [7, 11) is 1.70. The summed E-state index contributed by atoms with van der Waals surface area (Å²) in [5, 5.41) is 2.93. The van der Waals surface area contributed by atoms with Gasteiger partial charge in [-0.2, -0.15) is 0 Å². The average molecular weight is 385 g/mol. The molecule has 4 nitrogen and oxygen atoms in total. The minimum Gasteiger partial charge on any atom is -0.332 e. The van der Waals surface area contributed by atoms with Gasteiger partial charge in [-0.1, -0.05) is 38.5 Å². The number of carbonyl (C=O) groups is 2. The van der Waals surface area contributed by atoms with E-state index in [0.29, 0.717) is 0 Å². The van der Waals surface area contributed by atoms with Crippen molar-refractivity contribution in [3.05, 3.63) is 51.2 Å². The van der Waals surface area contributed by atoms with Crippen LogP contribution >= 0.6 is 11.3 Å². The fraction of sp³-hybridized carbons (Fsp3) is 0.455. The molecule has 0 saturated heterocycles. The number of likely N-dealkylation sites (N-methyl/N-ethyl adjacent to an activating group) is 1. The summed E-state index contributed by atoms with van der Waals surface area (Å²) < 4.78 is 0. The number of hydrogen-bond donors (Lipinski definition) is 1. The molecule has 2 amide bonds. The summed E-state index contributed by atoms with van der Waals surface area (Å²) in [6, 6.07) is 9.82. The SMILES string of the molecule is CCc1ccccc1NC(=O)CN(C)C(=O)c1cc2c(s1)CCC(CC)C2. The van der Waals surface area contributed by atoms with Gasteiger partial charge in [-0.05, 0) is 54.9 Å². The molecule has 0 spiro atoms. The van der Waals surface area contributed by atoms with Crippen LogP contribution < -0.4 is 5.32 Å². The van der Waals surface area contributed by atoms with Gasteiger partial charge in [0.25, 0.3) is 5.91 Å². The van der Waals surface area contributed by atoms with Gasteiger partial charge in [-0.3, -0.25) is 9.59 Å². The molecule has 3 rings (SSSR count). The summed E-state index contributed by atoms with van der Waals surface area (Å²) in [6.07, 6.45) is 5.41. The van der Waals surface area contributed by atoms with Crippen molar-refractivity contribution in [2.75, 3.05) is 18.9 Å². The van der Waals surface area contributed by atoms with Crippen LogP contribution in [0.5, 0.6) is 0 Å². The molecule has 1 atom stereocenters. The fourth-order valence-corrected chi connectivity index (χ4v) is 4.87. The van der Waals surface area contributed by atoms with Gasteiger partial charge in [0, 0.05) is 17.6 Å². The van der Waals surface area contributed by atoms with E-state index in [9.17, 15) is 9.59 Å². The molecule has 1 N–H and O–H groups in total. The molecule has 5 heteroatoms. The van der Waals surface area contributed by atoms with Crippen LogP contribution in [0.3, 0.4) is 0 Å². The Labute approximate surface area is 165 Å². The van der Waals surface area contributed by atoms with Crippen molar-refractivity contribution in [1.29, 1.82) is 0 Å². The molecule has 2 aromatic rings. The second-order valence-corrected chi connectivity index (χ2v) is 8.43. The first-order valence-electron chi connectivity index (χ1n) is 9.76. The molecule has 1 aliphatic rings. The third-order valence-corrected chi connectivity index (χ3v) is 6.60. The number of hydrogen-bond acceptors (Lipinski definition) is 3. The van der Waals surface area contributed by atoms with E-state index in [1.807, 2.05) is 30.3 Å². The second kappa shape index (κ2) is 8.70. The van der Waals surface area contributed by atoms with Gasteiger partial charge in [0.15, 0.2) is 0 Å². The number of nitrogens with one attached hydrogen (secondary N) is 1. The first-order valence-corrected chi connectivity index (χ1v) is 10.6. The first kappa shape index (κ1) is 19.6. The molecular weight excluding hydrogens is 356 g/mol. The highest BCUT2D eigenvalue weighted by molar-refractivity contribution is 7.14. The maximum absolute atomic E-state index is 12.8. The molecule has 1 unspecified atom stereocenters. The number of fused-ring (bicyclic) bond motifs is 1. The number of benzene rings is 1. The first-order chi connectivity index (χ1) is 13.0. The number of rotatable bonds is 6. The van der Waals surface area contributed by atoms with Crippen LogP contribution in [0, 0.1) is 5.92 Å². The van der Waals surface area contributed by atoms with E-state index < -0.39 is 0 Å². The molecule has 1 heterocycles. The number of carbonyl (C=O) groups excluding carboxylic acids is 2. The highest BCUT2D eigenvalue weighted by Crippen LogP contribution is 2.33. The Hall–Kier alpha value is -2.14. The summed E-state index contributed by atoms with van der Waals surface area (Å²) in [4.78, 5) is 28.8. The number of aryl methyl sites for hydroxylation is 2. The van der Waals surface area contributed by atoms with E-state index >= 15 is 0 Å². The molecule has 0 fully saturated rings. The van der Waals surface area contributed by atoms with E-state index in [0.717, 1.165) is 41.3 Å². The average Bonchev–Trinajstić information content (AvgIpc) is 3.10. The fourth-order valence-electron chi connectivity index (χ4n) is 3.67. The van der Waals surface area contributed by atoms with Crippen molar-refractivity contribution in [1.82, 2.24) is 4.90 Å². The van der Waals surface area contributed by atoms with Crippen molar-refractivity contribution in [2.24, 2.45) is 5.92 Å². The molecule has 1 aliphatic carbocycles. The zero-order chi connectivity index (χ0) is 19.4. The largest absolute Gasteiger partial charge is 0.332 e. The maximum atomic E-state index is 12.8. The van der Waals surface area contributed by atoms with Gasteiger partial charge in [0.2, 0.25) is 5.91 Å². The number of nitrogens with zero attached hydrogens (tertiary/aromatic N) is 1. The summed E-state index contributed by atoms with van der Waals surface area (Å²) in [5.41, 5.74) is 3.25. The quantitative estimate of drug-likeness (QED) is 0.795. The van der Waals surface area contributed by atoms with Crippen LogP contribution in [0.2, 0.25) is 0 Å². The van der Waals surface area contributed by atoms with Gasteiger partial charge in [0.05, 0.1) is 11.4 Å². The minimum atomic E-state index is -0.167. The minimum absolute atomic E-state index is 0.0526. The number of para-hydroxylation sites is 1. The van der Waals surface area contributed by atoms with Crippen molar-refractivity contribution < 1.29 is 9.59 Å². The normalized spacial score (nSPS) is 15.9. The lowest BCUT2D eigenvalue weighted by atomic mass is 9.87. The monoisotopic (exact) mass is 384 g/mol. The predicted octanol–water partition coefficient (Wildman–Crippen LogP) is 4.54. The maximum Gasteiger partial charge on any atom is 0.264 e. The molecule has 144 valence electrons. The standard InChI is InChI=1S/C22H28N2O2S/c1-4-15-10-11-19-17(12-15)13-20(27-19)22(26)24(3)14-21(25)23-18-9-7-6-8-16(18)5-2/h6-9,13,15H,4-5,10-12,14H2,1-3H3,(H,23,25). The third-order valence-electron chi connectivity index (χ3n) is 5.37. The van der Waals surface area contributed by atoms with Crippen LogP contribution in [0.4, 0.5) is 5.69 Å². The molecule has 0 saturated carbocycles. The third kappa shape index (κ3) is 4.59. The smallest absolute Gasteiger partial charge is 0.264 e. The van der Waals surface area contributed by atoms with Crippen LogP contribution in [-0.4, -0.2) is 30.3 Å². The van der Waals surface area contributed by atoms with Gasteiger partial charge in [-0.25, -0.2) is 0 Å². The van der Waals surface area contributed by atoms with Gasteiger partial charge >= 0.3 is 0 Å². The lowest BCUT2D eigenvalue weighted by molar-refractivity contribution is -0.116. The molecule has 0 bridgehead atoms. The van der Waals surface area contributed by atoms with Crippen molar-refractivity contribution >= 4 is 28.8 Å². The Morgan fingerprint density at radius 1 is 1.26 bits per heavy atom. The predicted molar refractivity (Wildman–Crippen MR) is 112 cm³/mol. The van der Waals surface area contributed by atoms with E-state index in [4.69, 9.17) is 0 Å². The number of amides is 2. The van der Waals surface area contributed by atoms with Crippen LogP contribution in [0.25, 0.3) is 0 Å². The van der Waals surface area contributed by atoms with E-state index in [-0.39, 0.29) is 18.4 Å². The zero-order valence-electron chi connectivity index (χ0n) is 16.4. The Balaban J connectivity index is 1.62. The Bertz CT molecular complexity index is 827. The van der Waals surface area contributed by atoms with E-state index in [2.05, 4.69) is 19.2 Å². The summed E-state index contributed by atoms with van der Waals surface area (Å²) >= 11 is 1.60. The van der Waals surface area contributed by atoms with Crippen LogP contribution in [-0.2, 0) is 24.1 Å². The van der Waals surface area contributed by atoms with E-state index in [1.54, 1.807) is 18.4 Å². The molecule has 0 aliphatic heterocycles. The summed E-state index contributed by atoms with van der Waals surface area (Å²) in [5.74, 6) is 0.498. The van der Waals surface area contributed by atoms with Crippen molar-refractivity contribution in [2.45, 2.75) is 46.0 Å². The lowest BCUT2D eigenvalue weighted by Gasteiger charge is -2.19. The molecule has 1 aromatic heterocycles. The summed E-state index contributed by atoms with van der Waals surface area (Å²) in [6.45, 7) is 4.34. The Morgan fingerprint density at radius 3 is 2.78 bits per heavy atom. The van der Waals surface area contributed by atoms with Crippen molar-refractivity contribution in [3.8, 4) is 0 Å². The number of thiophene rings is 1. The van der Waals surface area contributed by atoms with Gasteiger partial charge < -0.3 is 10.2 Å². The van der Waals surface area contributed by atoms with Crippen molar-refractivity contribution in [3.63, 3.8) is 0 Å². The lowest BCUT2D eigenvalue weighted by Crippen LogP contribution is -2.34. The molecular formula is C22H28N2O2S. The highest BCUT2D eigenvalue weighted by atomic mass is 32.1. The van der Waals surface area contributed by atoms with Crippen LogP contribution in [0.1, 0.15) is 52.4 Å². The molecule has 0 radical (unpaired) electrons. The van der Waals surface area contributed by atoms with Gasteiger partial charge in [0.1, 0.15) is 0 Å². The molecule has 27 heavy (non-hydrogen) atoms. The molecule has 1 aromatic carbocycles. The van der Waals surface area contributed by atoms with Gasteiger partial charge in [-0.15, -0.1) is 11.3 Å². The second-order valence-electron chi connectivity index (χ2n) is 7.30. The number of anilines is 1. The highest BCUT2D eigenvalue weighted by Gasteiger charge is 2.24. The Kier molecular flexibility index (Phi) is 6.32. The van der Waals surface area contributed by atoms with E-state index in [1.165, 1.54) is 28.2 Å².